The van der Waals surface area contributed by atoms with Crippen molar-refractivity contribution >= 4 is 11.8 Å². The minimum absolute atomic E-state index is 0.00648. The van der Waals surface area contributed by atoms with Crippen molar-refractivity contribution in [2.75, 3.05) is 65.4 Å². The number of rotatable bonds is 4. The van der Waals surface area contributed by atoms with E-state index < -0.39 is 0 Å². The Bertz CT molecular complexity index is 583. The summed E-state index contributed by atoms with van der Waals surface area (Å²) in [5, 5.41) is 0. The number of carbonyl (C=O) groups is 2. The van der Waals surface area contributed by atoms with Gasteiger partial charge in [-0.2, -0.15) is 0 Å². The molecule has 1 aromatic rings. The second-order valence-electron chi connectivity index (χ2n) is 6.88. The summed E-state index contributed by atoms with van der Waals surface area (Å²) in [4.78, 5) is 38.1. The number of aromatic nitrogens is 1. The van der Waals surface area contributed by atoms with Crippen LogP contribution in [0.4, 0.5) is 0 Å². The van der Waals surface area contributed by atoms with E-state index in [1.54, 1.807) is 18.3 Å². The standard InChI is InChI=1S/C19H29N5O2/c1-3-21-7-11-23(12-8-21)18(25)16-5-6-20-17(15-16)19(26)24-13-9-22(4-2)10-14-24/h5-6,15H,3-4,7-14H2,1-2H3. The summed E-state index contributed by atoms with van der Waals surface area (Å²) < 4.78 is 0. The number of carbonyl (C=O) groups excluding carboxylic acids is 2. The molecule has 142 valence electrons. The first-order chi connectivity index (χ1) is 12.6. The van der Waals surface area contributed by atoms with Gasteiger partial charge in [0.05, 0.1) is 0 Å². The van der Waals surface area contributed by atoms with Gasteiger partial charge in [0.1, 0.15) is 5.69 Å². The first-order valence-electron chi connectivity index (χ1n) is 9.61. The van der Waals surface area contributed by atoms with Gasteiger partial charge < -0.3 is 19.6 Å². The number of nitrogens with zero attached hydrogens (tertiary/aromatic N) is 5. The second kappa shape index (κ2) is 8.60. The SMILES string of the molecule is CCN1CCN(C(=O)c2ccnc(C(=O)N3CCN(CC)CC3)c2)CC1. The lowest BCUT2D eigenvalue weighted by molar-refractivity contribution is 0.0636. The van der Waals surface area contributed by atoms with Crippen LogP contribution < -0.4 is 0 Å². The zero-order valence-corrected chi connectivity index (χ0v) is 15.9. The number of hydrogen-bond donors (Lipinski definition) is 0. The van der Waals surface area contributed by atoms with Crippen LogP contribution in [0.15, 0.2) is 18.3 Å². The highest BCUT2D eigenvalue weighted by Gasteiger charge is 2.25. The molecule has 2 saturated heterocycles. The summed E-state index contributed by atoms with van der Waals surface area (Å²) in [6, 6.07) is 3.36. The lowest BCUT2D eigenvalue weighted by Crippen LogP contribution is -2.49. The molecule has 0 N–H and O–H groups in total. The highest BCUT2D eigenvalue weighted by Crippen LogP contribution is 2.12. The molecule has 3 rings (SSSR count). The molecule has 2 aliphatic rings. The Morgan fingerprint density at radius 1 is 0.846 bits per heavy atom. The minimum atomic E-state index is -0.0776. The lowest BCUT2D eigenvalue weighted by atomic mass is 10.1. The maximum absolute atomic E-state index is 12.8. The van der Waals surface area contributed by atoms with Crippen molar-refractivity contribution in [3.63, 3.8) is 0 Å². The molecule has 0 aliphatic carbocycles. The summed E-state index contributed by atoms with van der Waals surface area (Å²) in [6.07, 6.45) is 1.57. The molecular formula is C19H29N5O2. The smallest absolute Gasteiger partial charge is 0.272 e. The monoisotopic (exact) mass is 359 g/mol. The van der Waals surface area contributed by atoms with Crippen LogP contribution in [0.1, 0.15) is 34.7 Å². The number of likely N-dealkylation sites (N-methyl/N-ethyl adjacent to an activating group) is 2. The van der Waals surface area contributed by atoms with E-state index >= 15 is 0 Å². The number of amides is 2. The Labute approximate surface area is 155 Å². The van der Waals surface area contributed by atoms with Gasteiger partial charge in [0.25, 0.3) is 11.8 Å². The van der Waals surface area contributed by atoms with Crippen LogP contribution in [0.5, 0.6) is 0 Å². The zero-order valence-electron chi connectivity index (χ0n) is 15.9. The van der Waals surface area contributed by atoms with E-state index in [1.807, 2.05) is 9.80 Å². The summed E-state index contributed by atoms with van der Waals surface area (Å²) in [5.41, 5.74) is 0.925. The van der Waals surface area contributed by atoms with Gasteiger partial charge in [-0.1, -0.05) is 13.8 Å². The molecule has 3 heterocycles. The van der Waals surface area contributed by atoms with Crippen LogP contribution in [0.3, 0.4) is 0 Å². The molecule has 1 aromatic heterocycles. The Morgan fingerprint density at radius 3 is 1.85 bits per heavy atom. The van der Waals surface area contributed by atoms with Gasteiger partial charge in [-0.25, -0.2) is 0 Å². The maximum atomic E-state index is 12.8. The summed E-state index contributed by atoms with van der Waals surface area (Å²) in [7, 11) is 0. The molecule has 0 aromatic carbocycles. The molecule has 0 radical (unpaired) electrons. The van der Waals surface area contributed by atoms with Crippen LogP contribution in [-0.2, 0) is 0 Å². The van der Waals surface area contributed by atoms with Gasteiger partial charge in [0.15, 0.2) is 0 Å². The Kier molecular flexibility index (Phi) is 6.21. The largest absolute Gasteiger partial charge is 0.336 e. The van der Waals surface area contributed by atoms with Crippen molar-refractivity contribution in [3.05, 3.63) is 29.6 Å². The van der Waals surface area contributed by atoms with Crippen molar-refractivity contribution in [2.45, 2.75) is 13.8 Å². The van der Waals surface area contributed by atoms with Gasteiger partial charge in [0, 0.05) is 64.1 Å². The molecule has 0 atom stereocenters. The van der Waals surface area contributed by atoms with Gasteiger partial charge in [-0.05, 0) is 25.2 Å². The van der Waals surface area contributed by atoms with E-state index in [2.05, 4.69) is 28.6 Å². The van der Waals surface area contributed by atoms with Crippen LogP contribution in [0.2, 0.25) is 0 Å². The summed E-state index contributed by atoms with van der Waals surface area (Å²) in [5.74, 6) is -0.0841. The molecule has 0 unspecified atom stereocenters. The van der Waals surface area contributed by atoms with Crippen molar-refractivity contribution < 1.29 is 9.59 Å². The van der Waals surface area contributed by atoms with Gasteiger partial charge in [-0.15, -0.1) is 0 Å². The molecule has 7 heteroatoms. The molecule has 0 spiro atoms. The van der Waals surface area contributed by atoms with E-state index in [4.69, 9.17) is 0 Å². The van der Waals surface area contributed by atoms with Crippen LogP contribution in [-0.4, -0.2) is 102 Å². The highest BCUT2D eigenvalue weighted by atomic mass is 16.2. The second-order valence-corrected chi connectivity index (χ2v) is 6.88. The Balaban J connectivity index is 1.64. The number of pyridine rings is 1. The van der Waals surface area contributed by atoms with Crippen LogP contribution in [0.25, 0.3) is 0 Å². The van der Waals surface area contributed by atoms with Crippen molar-refractivity contribution in [1.82, 2.24) is 24.6 Å². The summed E-state index contributed by atoms with van der Waals surface area (Å²) >= 11 is 0. The average molecular weight is 359 g/mol. The van der Waals surface area contributed by atoms with Gasteiger partial charge in [-0.3, -0.25) is 14.6 Å². The van der Waals surface area contributed by atoms with Gasteiger partial charge >= 0.3 is 0 Å². The third-order valence-corrected chi connectivity index (χ3v) is 5.44. The topological polar surface area (TPSA) is 60.0 Å². The van der Waals surface area contributed by atoms with Crippen molar-refractivity contribution in [3.8, 4) is 0 Å². The predicted molar refractivity (Wildman–Crippen MR) is 100 cm³/mol. The number of piperazine rings is 2. The molecule has 26 heavy (non-hydrogen) atoms. The minimum Gasteiger partial charge on any atom is -0.336 e. The fourth-order valence-corrected chi connectivity index (χ4v) is 3.56. The molecule has 0 saturated carbocycles. The normalized spacial score (nSPS) is 19.6. The maximum Gasteiger partial charge on any atom is 0.272 e. The van der Waals surface area contributed by atoms with Gasteiger partial charge in [0.2, 0.25) is 0 Å². The van der Waals surface area contributed by atoms with Crippen LogP contribution >= 0.6 is 0 Å². The van der Waals surface area contributed by atoms with E-state index in [0.29, 0.717) is 24.3 Å². The fourth-order valence-electron chi connectivity index (χ4n) is 3.56. The first kappa shape index (κ1) is 18.8. The van der Waals surface area contributed by atoms with E-state index in [-0.39, 0.29) is 11.8 Å². The molecule has 2 amide bonds. The summed E-state index contributed by atoms with van der Waals surface area (Å²) in [6.45, 7) is 12.8. The number of hydrogen-bond acceptors (Lipinski definition) is 5. The Hall–Kier alpha value is -1.99. The lowest BCUT2D eigenvalue weighted by Gasteiger charge is -2.34. The van der Waals surface area contributed by atoms with Crippen LogP contribution in [0, 0.1) is 0 Å². The molecule has 0 bridgehead atoms. The van der Waals surface area contributed by atoms with E-state index in [9.17, 15) is 9.59 Å². The van der Waals surface area contributed by atoms with E-state index in [0.717, 1.165) is 52.4 Å². The fraction of sp³-hybridized carbons (Fsp3) is 0.632. The van der Waals surface area contributed by atoms with Crippen molar-refractivity contribution in [2.24, 2.45) is 0 Å². The average Bonchev–Trinajstić information content (AvgIpc) is 2.73. The first-order valence-corrected chi connectivity index (χ1v) is 9.61. The van der Waals surface area contributed by atoms with E-state index in [1.165, 1.54) is 0 Å². The highest BCUT2D eigenvalue weighted by molar-refractivity contribution is 5.98. The quantitative estimate of drug-likeness (QED) is 0.790. The molecule has 2 fully saturated rings. The molecule has 7 nitrogen and oxygen atoms in total. The third kappa shape index (κ3) is 4.22. The third-order valence-electron chi connectivity index (χ3n) is 5.44. The predicted octanol–water partition coefficient (Wildman–Crippen LogP) is 0.637. The zero-order chi connectivity index (χ0) is 18.5. The van der Waals surface area contributed by atoms with Crippen molar-refractivity contribution in [1.29, 1.82) is 0 Å². The molecule has 2 aliphatic heterocycles. The Morgan fingerprint density at radius 2 is 1.35 bits per heavy atom. The molecular weight excluding hydrogens is 330 g/mol.